The van der Waals surface area contributed by atoms with Gasteiger partial charge in [-0.3, -0.25) is 4.79 Å². The molecule has 3 aromatic rings. The second-order valence-corrected chi connectivity index (χ2v) is 5.71. The Morgan fingerprint density at radius 1 is 0.889 bits per heavy atom. The van der Waals surface area contributed by atoms with Gasteiger partial charge in [0.2, 0.25) is 0 Å². The lowest BCUT2D eigenvalue weighted by Gasteiger charge is -2.11. The van der Waals surface area contributed by atoms with E-state index in [1.54, 1.807) is 48.5 Å². The van der Waals surface area contributed by atoms with Crippen LogP contribution in [0.3, 0.4) is 0 Å². The van der Waals surface area contributed by atoms with E-state index in [1.165, 1.54) is 24.3 Å². The number of halogens is 1. The smallest absolute Gasteiger partial charge is 0.339 e. The van der Waals surface area contributed by atoms with Gasteiger partial charge in [-0.25, -0.2) is 9.18 Å². The molecule has 132 valence electrons. The van der Waals surface area contributed by atoms with Crippen molar-refractivity contribution in [2.75, 3.05) is 6.61 Å². The molecular weight excluding hydrogens is 345 g/mol. The van der Waals surface area contributed by atoms with Crippen molar-refractivity contribution in [2.24, 2.45) is 0 Å². The van der Waals surface area contributed by atoms with Crippen LogP contribution in [-0.4, -0.2) is 18.4 Å². The van der Waals surface area contributed by atoms with Gasteiger partial charge in [0.1, 0.15) is 5.82 Å². The summed E-state index contributed by atoms with van der Waals surface area (Å²) in [6.45, 7) is -0.460. The van der Waals surface area contributed by atoms with E-state index in [9.17, 15) is 19.2 Å². The molecule has 0 bridgehead atoms. The molecule has 0 saturated heterocycles. The highest BCUT2D eigenvalue weighted by Gasteiger charge is 2.17. The molecule has 27 heavy (non-hydrogen) atoms. The van der Waals surface area contributed by atoms with Crippen LogP contribution in [0.15, 0.2) is 72.8 Å². The Bertz CT molecular complexity index is 1040. The van der Waals surface area contributed by atoms with Gasteiger partial charge in [-0.05, 0) is 42.0 Å². The minimum atomic E-state index is -0.672. The maximum Gasteiger partial charge on any atom is 0.339 e. The fourth-order valence-electron chi connectivity index (χ4n) is 2.64. The number of hydrogen-bond donors (Lipinski definition) is 0. The van der Waals surface area contributed by atoms with E-state index in [0.717, 1.165) is 0 Å². The maximum absolute atomic E-state index is 12.9. The van der Waals surface area contributed by atoms with Crippen molar-refractivity contribution in [1.82, 2.24) is 0 Å². The average Bonchev–Trinajstić information content (AvgIpc) is 2.72. The molecule has 3 aromatic carbocycles. The van der Waals surface area contributed by atoms with Crippen LogP contribution in [0.1, 0.15) is 26.3 Å². The fraction of sp³-hybridized carbons (Fsp3) is 0.0455. The van der Waals surface area contributed by atoms with Crippen molar-refractivity contribution in [2.45, 2.75) is 0 Å². The van der Waals surface area contributed by atoms with E-state index >= 15 is 0 Å². The largest absolute Gasteiger partial charge is 0.454 e. The molecule has 0 fully saturated rings. The van der Waals surface area contributed by atoms with Crippen molar-refractivity contribution in [3.8, 4) is 17.2 Å². The van der Waals surface area contributed by atoms with Gasteiger partial charge in [-0.2, -0.15) is 5.26 Å². The van der Waals surface area contributed by atoms with Crippen LogP contribution in [-0.2, 0) is 4.74 Å². The molecule has 5 heteroatoms. The number of ether oxygens (including phenoxy) is 1. The minimum absolute atomic E-state index is 0.257. The number of ketones is 1. The van der Waals surface area contributed by atoms with Gasteiger partial charge < -0.3 is 4.74 Å². The zero-order chi connectivity index (χ0) is 19.2. The Hall–Kier alpha value is -3.78. The summed E-state index contributed by atoms with van der Waals surface area (Å²) >= 11 is 0. The molecule has 0 spiro atoms. The SMILES string of the molecule is N#Cc1ccccc1-c1ccccc1C(=O)OCC(=O)c1ccc(F)cc1. The number of esters is 1. The number of carbonyl (C=O) groups excluding carboxylic acids is 2. The highest BCUT2D eigenvalue weighted by atomic mass is 19.1. The second kappa shape index (κ2) is 8.07. The van der Waals surface area contributed by atoms with Gasteiger partial charge in [0, 0.05) is 11.1 Å². The lowest BCUT2D eigenvalue weighted by atomic mass is 9.96. The average molecular weight is 359 g/mol. The first-order valence-corrected chi connectivity index (χ1v) is 8.14. The summed E-state index contributed by atoms with van der Waals surface area (Å²) < 4.78 is 18.1. The number of carbonyl (C=O) groups is 2. The summed E-state index contributed by atoms with van der Waals surface area (Å²) in [6.07, 6.45) is 0. The predicted octanol–water partition coefficient (Wildman–Crippen LogP) is 4.40. The summed E-state index contributed by atoms with van der Waals surface area (Å²) in [6, 6.07) is 20.8. The molecule has 4 nitrogen and oxygen atoms in total. The van der Waals surface area contributed by atoms with E-state index in [1.807, 2.05) is 0 Å². The molecule has 0 atom stereocenters. The van der Waals surface area contributed by atoms with Crippen LogP contribution >= 0.6 is 0 Å². The quantitative estimate of drug-likeness (QED) is 0.500. The van der Waals surface area contributed by atoms with Gasteiger partial charge in [0.05, 0.1) is 17.2 Å². The van der Waals surface area contributed by atoms with Gasteiger partial charge in [0.25, 0.3) is 0 Å². The van der Waals surface area contributed by atoms with Gasteiger partial charge in [0.15, 0.2) is 12.4 Å². The van der Waals surface area contributed by atoms with Crippen LogP contribution in [0, 0.1) is 17.1 Å². The van der Waals surface area contributed by atoms with E-state index < -0.39 is 24.2 Å². The number of hydrogen-bond acceptors (Lipinski definition) is 4. The minimum Gasteiger partial charge on any atom is -0.454 e. The van der Waals surface area contributed by atoms with Crippen LogP contribution in [0.25, 0.3) is 11.1 Å². The summed E-state index contributed by atoms with van der Waals surface area (Å²) in [5.41, 5.74) is 2.10. The predicted molar refractivity (Wildman–Crippen MR) is 97.6 cm³/mol. The molecule has 0 heterocycles. The van der Waals surface area contributed by atoms with Crippen molar-refractivity contribution < 1.29 is 18.7 Å². The Labute approximate surface area is 155 Å². The van der Waals surface area contributed by atoms with Gasteiger partial charge in [-0.15, -0.1) is 0 Å². The number of benzene rings is 3. The first-order valence-electron chi connectivity index (χ1n) is 8.14. The number of rotatable bonds is 5. The normalized spacial score (nSPS) is 10.1. The highest BCUT2D eigenvalue weighted by molar-refractivity contribution is 6.01. The summed E-state index contributed by atoms with van der Waals surface area (Å²) in [7, 11) is 0. The standard InChI is InChI=1S/C22H14FNO3/c23-17-11-9-15(10-12-17)21(25)14-27-22(26)20-8-4-3-7-19(20)18-6-2-1-5-16(18)13-24/h1-12H,14H2. The Morgan fingerprint density at radius 2 is 1.52 bits per heavy atom. The van der Waals surface area contributed by atoms with Crippen LogP contribution in [0.5, 0.6) is 0 Å². The lowest BCUT2D eigenvalue weighted by Crippen LogP contribution is -2.15. The number of nitrogens with zero attached hydrogens (tertiary/aromatic N) is 1. The van der Waals surface area contributed by atoms with Gasteiger partial charge in [-0.1, -0.05) is 36.4 Å². The third-order valence-corrected chi connectivity index (χ3v) is 3.99. The maximum atomic E-state index is 12.9. The number of nitriles is 1. The van der Waals surface area contributed by atoms with Crippen molar-refractivity contribution in [3.63, 3.8) is 0 Å². The molecule has 0 amide bonds. The fourth-order valence-corrected chi connectivity index (χ4v) is 2.64. The molecule has 0 unspecified atom stereocenters. The van der Waals surface area contributed by atoms with Crippen molar-refractivity contribution in [3.05, 3.63) is 95.3 Å². The third kappa shape index (κ3) is 4.07. The Morgan fingerprint density at radius 3 is 2.22 bits per heavy atom. The number of Topliss-reactive ketones (excluding diaryl/α,β-unsaturated/α-hetero) is 1. The monoisotopic (exact) mass is 359 g/mol. The van der Waals surface area contributed by atoms with E-state index in [2.05, 4.69) is 6.07 Å². The summed E-state index contributed by atoms with van der Waals surface area (Å²) in [4.78, 5) is 24.6. The van der Waals surface area contributed by atoms with E-state index in [-0.39, 0.29) is 11.1 Å². The molecule has 0 aromatic heterocycles. The molecule has 0 radical (unpaired) electrons. The zero-order valence-corrected chi connectivity index (χ0v) is 14.2. The first kappa shape index (κ1) is 18.0. The molecule has 0 N–H and O–H groups in total. The van der Waals surface area contributed by atoms with Crippen LogP contribution < -0.4 is 0 Å². The van der Waals surface area contributed by atoms with Crippen molar-refractivity contribution >= 4 is 11.8 Å². The van der Waals surface area contributed by atoms with Gasteiger partial charge >= 0.3 is 5.97 Å². The first-order chi connectivity index (χ1) is 13.1. The second-order valence-electron chi connectivity index (χ2n) is 5.71. The van der Waals surface area contributed by atoms with E-state index in [4.69, 9.17) is 4.74 Å². The van der Waals surface area contributed by atoms with Crippen molar-refractivity contribution in [1.29, 1.82) is 5.26 Å². The highest BCUT2D eigenvalue weighted by Crippen LogP contribution is 2.27. The molecule has 0 saturated carbocycles. The zero-order valence-electron chi connectivity index (χ0n) is 14.2. The summed E-state index contributed by atoms with van der Waals surface area (Å²) in [5.74, 6) is -1.55. The topological polar surface area (TPSA) is 67.2 Å². The van der Waals surface area contributed by atoms with E-state index in [0.29, 0.717) is 16.7 Å². The molecule has 0 aliphatic rings. The Kier molecular flexibility index (Phi) is 5.38. The third-order valence-electron chi connectivity index (χ3n) is 3.99. The lowest BCUT2D eigenvalue weighted by molar-refractivity contribution is 0.0475. The summed E-state index contributed by atoms with van der Waals surface area (Å²) in [5, 5.41) is 9.29. The molecule has 0 aliphatic heterocycles. The molecular formula is C22H14FNO3. The Balaban J connectivity index is 1.81. The molecule has 3 rings (SSSR count). The molecule has 0 aliphatic carbocycles. The van der Waals surface area contributed by atoms with Crippen LogP contribution in [0.2, 0.25) is 0 Å². The van der Waals surface area contributed by atoms with Crippen LogP contribution in [0.4, 0.5) is 4.39 Å².